The number of carboxylic acids is 1. The number of aliphatic carboxylic acids is 1. The van der Waals surface area contributed by atoms with E-state index in [4.69, 9.17) is 0 Å². The molecule has 0 bridgehead atoms. The molecule has 0 saturated carbocycles. The van der Waals surface area contributed by atoms with Gasteiger partial charge in [-0.05, 0) is 38.0 Å². The SMILES string of the molecule is CCC(CC)(CNC(=O)c1ccn(S(=O)(=O)c2ccc(C)cc2)c1)C(=O)O. The van der Waals surface area contributed by atoms with Gasteiger partial charge in [-0.15, -0.1) is 0 Å². The van der Waals surface area contributed by atoms with Crippen molar-refractivity contribution in [2.75, 3.05) is 6.54 Å². The van der Waals surface area contributed by atoms with E-state index in [1.54, 1.807) is 26.0 Å². The van der Waals surface area contributed by atoms with Crippen molar-refractivity contribution in [1.82, 2.24) is 9.29 Å². The van der Waals surface area contributed by atoms with Crippen molar-refractivity contribution in [2.45, 2.75) is 38.5 Å². The Kier molecular flexibility index (Phi) is 6.10. The lowest BCUT2D eigenvalue weighted by molar-refractivity contribution is -0.149. The maximum absolute atomic E-state index is 12.6. The number of aromatic nitrogens is 1. The van der Waals surface area contributed by atoms with Gasteiger partial charge in [0.1, 0.15) is 0 Å². The minimum atomic E-state index is -3.79. The first-order valence-electron chi connectivity index (χ1n) is 8.68. The van der Waals surface area contributed by atoms with Crippen LogP contribution in [-0.2, 0) is 14.8 Å². The predicted molar refractivity (Wildman–Crippen MR) is 101 cm³/mol. The molecule has 7 nitrogen and oxygen atoms in total. The molecule has 2 N–H and O–H groups in total. The minimum absolute atomic E-state index is 0.0238. The van der Waals surface area contributed by atoms with E-state index in [0.717, 1.165) is 9.54 Å². The first kappa shape index (κ1) is 20.7. The average molecular weight is 392 g/mol. The van der Waals surface area contributed by atoms with Gasteiger partial charge in [0.05, 0.1) is 15.9 Å². The van der Waals surface area contributed by atoms with Gasteiger partial charge < -0.3 is 10.4 Å². The molecule has 0 unspecified atom stereocenters. The molecule has 0 aliphatic rings. The van der Waals surface area contributed by atoms with Crippen LogP contribution >= 0.6 is 0 Å². The van der Waals surface area contributed by atoms with E-state index in [1.807, 2.05) is 6.92 Å². The summed E-state index contributed by atoms with van der Waals surface area (Å²) in [5.74, 6) is -1.48. The van der Waals surface area contributed by atoms with Gasteiger partial charge in [0.2, 0.25) is 0 Å². The minimum Gasteiger partial charge on any atom is -0.481 e. The largest absolute Gasteiger partial charge is 0.481 e. The van der Waals surface area contributed by atoms with Gasteiger partial charge in [-0.2, -0.15) is 0 Å². The molecule has 1 aromatic heterocycles. The zero-order valence-corrected chi connectivity index (χ0v) is 16.4. The van der Waals surface area contributed by atoms with Gasteiger partial charge in [0.25, 0.3) is 15.9 Å². The average Bonchev–Trinajstić information content (AvgIpc) is 3.14. The third-order valence-electron chi connectivity index (χ3n) is 4.92. The summed E-state index contributed by atoms with van der Waals surface area (Å²) in [6.07, 6.45) is 3.28. The molecule has 0 spiro atoms. The van der Waals surface area contributed by atoms with Crippen LogP contribution in [-0.4, -0.2) is 35.9 Å². The zero-order chi connectivity index (χ0) is 20.2. The number of carbonyl (C=O) groups is 2. The first-order valence-corrected chi connectivity index (χ1v) is 10.1. The van der Waals surface area contributed by atoms with Crippen molar-refractivity contribution in [3.8, 4) is 0 Å². The fourth-order valence-electron chi connectivity index (χ4n) is 2.72. The maximum Gasteiger partial charge on any atom is 0.311 e. The van der Waals surface area contributed by atoms with Crippen LogP contribution in [0, 0.1) is 12.3 Å². The van der Waals surface area contributed by atoms with E-state index in [-0.39, 0.29) is 17.0 Å². The van der Waals surface area contributed by atoms with Crippen LogP contribution in [0.5, 0.6) is 0 Å². The van der Waals surface area contributed by atoms with Crippen LogP contribution in [0.25, 0.3) is 0 Å². The van der Waals surface area contributed by atoms with Crippen LogP contribution in [0.1, 0.15) is 42.6 Å². The van der Waals surface area contributed by atoms with Crippen molar-refractivity contribution >= 4 is 21.9 Å². The molecule has 2 aromatic rings. The summed E-state index contributed by atoms with van der Waals surface area (Å²) < 4.78 is 26.3. The molecule has 0 aliphatic carbocycles. The highest BCUT2D eigenvalue weighted by Gasteiger charge is 2.35. The summed E-state index contributed by atoms with van der Waals surface area (Å²) in [5, 5.41) is 12.0. The van der Waals surface area contributed by atoms with Gasteiger partial charge in [-0.1, -0.05) is 31.5 Å². The molecule has 0 atom stereocenters. The molecule has 0 radical (unpaired) electrons. The van der Waals surface area contributed by atoms with Crippen molar-refractivity contribution in [2.24, 2.45) is 5.41 Å². The van der Waals surface area contributed by atoms with Crippen LogP contribution in [0.2, 0.25) is 0 Å². The van der Waals surface area contributed by atoms with Gasteiger partial charge >= 0.3 is 5.97 Å². The predicted octanol–water partition coefficient (Wildman–Crippen LogP) is 2.65. The summed E-state index contributed by atoms with van der Waals surface area (Å²) in [7, 11) is -3.79. The molecule has 2 rings (SSSR count). The van der Waals surface area contributed by atoms with E-state index in [0.29, 0.717) is 12.8 Å². The summed E-state index contributed by atoms with van der Waals surface area (Å²) in [5.41, 5.74) is 0.0547. The smallest absolute Gasteiger partial charge is 0.311 e. The van der Waals surface area contributed by atoms with E-state index in [9.17, 15) is 23.1 Å². The molecule has 146 valence electrons. The van der Waals surface area contributed by atoms with Crippen molar-refractivity contribution in [1.29, 1.82) is 0 Å². The highest BCUT2D eigenvalue weighted by atomic mass is 32.2. The molecule has 1 aromatic carbocycles. The summed E-state index contributed by atoms with van der Waals surface area (Å²) in [6.45, 7) is 5.35. The number of amides is 1. The lowest BCUT2D eigenvalue weighted by Crippen LogP contribution is -2.42. The summed E-state index contributed by atoms with van der Waals surface area (Å²) in [4.78, 5) is 24.0. The van der Waals surface area contributed by atoms with Crippen molar-refractivity contribution < 1.29 is 23.1 Å². The number of rotatable bonds is 8. The maximum atomic E-state index is 12.6. The Labute approximate surface area is 159 Å². The third-order valence-corrected chi connectivity index (χ3v) is 6.57. The topological polar surface area (TPSA) is 105 Å². The molecule has 27 heavy (non-hydrogen) atoms. The van der Waals surface area contributed by atoms with Gasteiger partial charge in [0.15, 0.2) is 0 Å². The second-order valence-electron chi connectivity index (χ2n) is 6.52. The van der Waals surface area contributed by atoms with Crippen LogP contribution in [0.3, 0.4) is 0 Å². The van der Waals surface area contributed by atoms with E-state index >= 15 is 0 Å². The van der Waals surface area contributed by atoms with Crippen LogP contribution in [0.15, 0.2) is 47.6 Å². The Balaban J connectivity index is 2.18. The Bertz CT molecular complexity index is 925. The quantitative estimate of drug-likeness (QED) is 0.718. The van der Waals surface area contributed by atoms with Gasteiger partial charge in [0, 0.05) is 18.9 Å². The molecule has 0 saturated heterocycles. The van der Waals surface area contributed by atoms with Crippen molar-refractivity contribution in [3.05, 3.63) is 53.9 Å². The number of hydrogen-bond donors (Lipinski definition) is 2. The van der Waals surface area contributed by atoms with Gasteiger partial charge in [-0.25, -0.2) is 12.4 Å². The lowest BCUT2D eigenvalue weighted by atomic mass is 9.82. The number of aryl methyl sites for hydroxylation is 1. The number of hydrogen-bond acceptors (Lipinski definition) is 4. The number of benzene rings is 1. The lowest BCUT2D eigenvalue weighted by Gasteiger charge is -2.26. The fraction of sp³-hybridized carbons (Fsp3) is 0.368. The number of nitrogens with zero attached hydrogens (tertiary/aromatic N) is 1. The Morgan fingerprint density at radius 2 is 1.70 bits per heavy atom. The highest BCUT2D eigenvalue weighted by molar-refractivity contribution is 7.90. The van der Waals surface area contributed by atoms with Gasteiger partial charge in [-0.3, -0.25) is 9.59 Å². The summed E-state index contributed by atoms with van der Waals surface area (Å²) in [6, 6.07) is 7.81. The molecule has 0 fully saturated rings. The van der Waals surface area contributed by atoms with E-state index < -0.39 is 27.3 Å². The third kappa shape index (κ3) is 4.21. The number of carbonyl (C=O) groups excluding carboxylic acids is 1. The number of nitrogens with one attached hydrogen (secondary N) is 1. The monoisotopic (exact) mass is 392 g/mol. The highest BCUT2D eigenvalue weighted by Crippen LogP contribution is 2.26. The Morgan fingerprint density at radius 1 is 1.11 bits per heavy atom. The van der Waals surface area contributed by atoms with Crippen LogP contribution < -0.4 is 5.32 Å². The molecular weight excluding hydrogens is 368 g/mol. The van der Waals surface area contributed by atoms with Crippen LogP contribution in [0.4, 0.5) is 0 Å². The Morgan fingerprint density at radius 3 is 2.22 bits per heavy atom. The van der Waals surface area contributed by atoms with E-state index in [1.165, 1.54) is 30.6 Å². The standard InChI is InChI=1S/C19H24N2O5S/c1-4-19(5-2,18(23)24)13-20-17(22)15-10-11-21(12-15)27(25,26)16-8-6-14(3)7-9-16/h6-12H,4-5,13H2,1-3H3,(H,20,22)(H,23,24). The molecule has 1 amide bonds. The zero-order valence-electron chi connectivity index (χ0n) is 15.6. The fourth-order valence-corrected chi connectivity index (χ4v) is 3.92. The summed E-state index contributed by atoms with van der Waals surface area (Å²) >= 11 is 0. The molecule has 1 heterocycles. The second kappa shape index (κ2) is 7.96. The van der Waals surface area contributed by atoms with E-state index in [2.05, 4.69) is 5.32 Å². The second-order valence-corrected chi connectivity index (χ2v) is 8.37. The Hall–Kier alpha value is -2.61. The number of carboxylic acid groups (broad SMARTS) is 1. The van der Waals surface area contributed by atoms with Crippen molar-refractivity contribution in [3.63, 3.8) is 0 Å². The molecule has 0 aliphatic heterocycles. The first-order chi connectivity index (χ1) is 12.7. The molecule has 8 heteroatoms. The molecular formula is C19H24N2O5S. The normalized spacial score (nSPS) is 12.0.